The molecule has 4 N–H and O–H groups in total. The van der Waals surface area contributed by atoms with Gasteiger partial charge in [0.25, 0.3) is 0 Å². The quantitative estimate of drug-likeness (QED) is 0.347. The maximum Gasteiger partial charge on any atom is 0.225 e. The molecule has 1 rings (SSSR count). The molecule has 0 aromatic rings. The first-order chi connectivity index (χ1) is 10.3. The Morgan fingerprint density at radius 3 is 2.36 bits per heavy atom. The lowest BCUT2D eigenvalue weighted by molar-refractivity contribution is -0.128. The van der Waals surface area contributed by atoms with E-state index in [9.17, 15) is 9.90 Å². The number of nitrogens with one attached hydrogen (secondary N) is 3. The molecule has 0 aromatic carbocycles. The van der Waals surface area contributed by atoms with Gasteiger partial charge in [0, 0.05) is 24.5 Å². The number of amides is 1. The minimum Gasteiger partial charge on any atom is -0.393 e. The number of aliphatic hydroxyl groups is 1. The number of rotatable bonds is 5. The van der Waals surface area contributed by atoms with Crippen LogP contribution in [0.3, 0.4) is 0 Å². The molecule has 128 valence electrons. The van der Waals surface area contributed by atoms with Gasteiger partial charge >= 0.3 is 0 Å². The summed E-state index contributed by atoms with van der Waals surface area (Å²) in [6.45, 7) is 9.61. The monoisotopic (exact) mass is 312 g/mol. The Morgan fingerprint density at radius 2 is 1.82 bits per heavy atom. The highest BCUT2D eigenvalue weighted by atomic mass is 16.3. The molecule has 1 aliphatic carbocycles. The molecule has 0 heterocycles. The molecule has 0 radical (unpaired) electrons. The van der Waals surface area contributed by atoms with E-state index in [0.717, 1.165) is 38.2 Å². The van der Waals surface area contributed by atoms with Gasteiger partial charge in [-0.25, -0.2) is 0 Å². The molecule has 1 saturated carbocycles. The number of aliphatic imine (C=N–C) groups is 1. The Hall–Kier alpha value is -1.30. The van der Waals surface area contributed by atoms with Crippen LogP contribution < -0.4 is 16.0 Å². The number of guanidine groups is 1. The van der Waals surface area contributed by atoms with Gasteiger partial charge in [0.05, 0.1) is 12.6 Å². The molecule has 0 saturated heterocycles. The van der Waals surface area contributed by atoms with Crippen LogP contribution in [0.15, 0.2) is 4.99 Å². The number of hydrogen-bond acceptors (Lipinski definition) is 3. The second-order valence-corrected chi connectivity index (χ2v) is 6.92. The second kappa shape index (κ2) is 8.98. The zero-order valence-electron chi connectivity index (χ0n) is 14.4. The van der Waals surface area contributed by atoms with Crippen molar-refractivity contribution >= 4 is 11.9 Å². The van der Waals surface area contributed by atoms with Crippen LogP contribution in [-0.2, 0) is 4.79 Å². The number of aliphatic hydroxyl groups excluding tert-OH is 1. The third-order valence-electron chi connectivity index (χ3n) is 3.73. The van der Waals surface area contributed by atoms with E-state index in [1.165, 1.54) is 0 Å². The lowest BCUT2D eigenvalue weighted by atomic mass is 9.93. The number of carbonyl (C=O) groups excluding carboxylic acids is 1. The number of nitrogens with zero attached hydrogens (tertiary/aromatic N) is 1. The zero-order valence-corrected chi connectivity index (χ0v) is 14.4. The van der Waals surface area contributed by atoms with E-state index in [1.807, 2.05) is 27.7 Å². The summed E-state index contributed by atoms with van der Waals surface area (Å²) in [6.07, 6.45) is 3.47. The molecule has 0 bridgehead atoms. The third-order valence-corrected chi connectivity index (χ3v) is 3.73. The summed E-state index contributed by atoms with van der Waals surface area (Å²) in [6, 6.07) is 0.366. The van der Waals surface area contributed by atoms with E-state index in [4.69, 9.17) is 0 Å². The average molecular weight is 312 g/mol. The van der Waals surface area contributed by atoms with Gasteiger partial charge < -0.3 is 21.1 Å². The summed E-state index contributed by atoms with van der Waals surface area (Å²) < 4.78 is 0. The first-order valence-corrected chi connectivity index (χ1v) is 8.34. The first-order valence-electron chi connectivity index (χ1n) is 8.34. The van der Waals surface area contributed by atoms with Crippen molar-refractivity contribution in [2.75, 3.05) is 19.6 Å². The van der Waals surface area contributed by atoms with Gasteiger partial charge in [-0.3, -0.25) is 9.79 Å². The molecule has 1 fully saturated rings. The number of carbonyl (C=O) groups is 1. The first kappa shape index (κ1) is 18.7. The van der Waals surface area contributed by atoms with Crippen molar-refractivity contribution in [1.82, 2.24) is 16.0 Å². The molecule has 6 heteroatoms. The summed E-state index contributed by atoms with van der Waals surface area (Å²) in [5.41, 5.74) is -0.366. The van der Waals surface area contributed by atoms with Gasteiger partial charge in [0.15, 0.2) is 5.96 Å². The summed E-state index contributed by atoms with van der Waals surface area (Å²) >= 11 is 0. The molecule has 0 atom stereocenters. The SMILES string of the molecule is CCNC(=NCCNC(=O)C(C)(C)C)NC1CCC(O)CC1. The van der Waals surface area contributed by atoms with Crippen LogP contribution in [0, 0.1) is 5.41 Å². The minimum atomic E-state index is -0.366. The van der Waals surface area contributed by atoms with Crippen LogP contribution in [-0.4, -0.2) is 48.8 Å². The summed E-state index contributed by atoms with van der Waals surface area (Å²) in [7, 11) is 0. The highest BCUT2D eigenvalue weighted by Crippen LogP contribution is 2.18. The smallest absolute Gasteiger partial charge is 0.225 e. The highest BCUT2D eigenvalue weighted by molar-refractivity contribution is 5.81. The maximum atomic E-state index is 11.8. The summed E-state index contributed by atoms with van der Waals surface area (Å²) in [5, 5.41) is 19.1. The molecule has 0 aromatic heterocycles. The van der Waals surface area contributed by atoms with E-state index in [-0.39, 0.29) is 17.4 Å². The van der Waals surface area contributed by atoms with Crippen molar-refractivity contribution in [2.24, 2.45) is 10.4 Å². The summed E-state index contributed by atoms with van der Waals surface area (Å²) in [5.74, 6) is 0.829. The molecule has 6 nitrogen and oxygen atoms in total. The van der Waals surface area contributed by atoms with Crippen molar-refractivity contribution < 1.29 is 9.90 Å². The topological polar surface area (TPSA) is 85.8 Å². The van der Waals surface area contributed by atoms with E-state index in [0.29, 0.717) is 19.1 Å². The van der Waals surface area contributed by atoms with E-state index < -0.39 is 0 Å². The predicted octanol–water partition coefficient (Wildman–Crippen LogP) is 1.01. The average Bonchev–Trinajstić information content (AvgIpc) is 2.44. The number of hydrogen-bond donors (Lipinski definition) is 4. The van der Waals surface area contributed by atoms with E-state index in [1.54, 1.807) is 0 Å². The van der Waals surface area contributed by atoms with Gasteiger partial charge in [-0.2, -0.15) is 0 Å². The van der Waals surface area contributed by atoms with Gasteiger partial charge in [0.2, 0.25) is 5.91 Å². The molecule has 0 spiro atoms. The van der Waals surface area contributed by atoms with Crippen molar-refractivity contribution in [1.29, 1.82) is 0 Å². The fourth-order valence-corrected chi connectivity index (χ4v) is 2.34. The predicted molar refractivity (Wildman–Crippen MR) is 89.8 cm³/mol. The van der Waals surface area contributed by atoms with Crippen LogP contribution in [0.1, 0.15) is 53.4 Å². The second-order valence-electron chi connectivity index (χ2n) is 6.92. The highest BCUT2D eigenvalue weighted by Gasteiger charge is 2.21. The van der Waals surface area contributed by atoms with Crippen molar-refractivity contribution in [3.05, 3.63) is 0 Å². The molecule has 22 heavy (non-hydrogen) atoms. The van der Waals surface area contributed by atoms with Crippen molar-refractivity contribution in [3.8, 4) is 0 Å². The van der Waals surface area contributed by atoms with Crippen molar-refractivity contribution in [2.45, 2.75) is 65.5 Å². The zero-order chi connectivity index (χ0) is 16.6. The third kappa shape index (κ3) is 7.11. The molecule has 1 aliphatic rings. The molecule has 0 unspecified atom stereocenters. The van der Waals surface area contributed by atoms with E-state index >= 15 is 0 Å². The normalized spacial score (nSPS) is 23.0. The van der Waals surface area contributed by atoms with Gasteiger partial charge in [-0.1, -0.05) is 20.8 Å². The van der Waals surface area contributed by atoms with Gasteiger partial charge in [0.1, 0.15) is 0 Å². The lowest BCUT2D eigenvalue weighted by Gasteiger charge is -2.27. The lowest BCUT2D eigenvalue weighted by Crippen LogP contribution is -2.45. The van der Waals surface area contributed by atoms with Crippen LogP contribution in [0.4, 0.5) is 0 Å². The minimum absolute atomic E-state index is 0.0435. The fraction of sp³-hybridized carbons (Fsp3) is 0.875. The molecular formula is C16H32N4O2. The fourth-order valence-electron chi connectivity index (χ4n) is 2.34. The Morgan fingerprint density at radius 1 is 1.18 bits per heavy atom. The Bertz CT molecular complexity index is 369. The molecular weight excluding hydrogens is 280 g/mol. The Balaban J connectivity index is 2.37. The van der Waals surface area contributed by atoms with E-state index in [2.05, 4.69) is 20.9 Å². The van der Waals surface area contributed by atoms with Crippen molar-refractivity contribution in [3.63, 3.8) is 0 Å². The summed E-state index contributed by atoms with van der Waals surface area (Å²) in [4.78, 5) is 16.3. The molecule has 0 aliphatic heterocycles. The van der Waals surface area contributed by atoms with Crippen LogP contribution in [0.25, 0.3) is 0 Å². The molecule has 1 amide bonds. The largest absolute Gasteiger partial charge is 0.393 e. The maximum absolute atomic E-state index is 11.8. The standard InChI is InChI=1S/C16H32N4O2/c1-5-17-15(20-12-6-8-13(21)9-7-12)19-11-10-18-14(22)16(2,3)4/h12-13,21H,5-11H2,1-4H3,(H,18,22)(H2,17,19,20). The van der Waals surface area contributed by atoms with Crippen LogP contribution in [0.5, 0.6) is 0 Å². The Kier molecular flexibility index (Phi) is 7.65. The van der Waals surface area contributed by atoms with Gasteiger partial charge in [-0.05, 0) is 32.6 Å². The Labute approximate surface area is 134 Å². The van der Waals surface area contributed by atoms with Gasteiger partial charge in [-0.15, -0.1) is 0 Å². The van der Waals surface area contributed by atoms with Crippen LogP contribution >= 0.6 is 0 Å². The van der Waals surface area contributed by atoms with Crippen LogP contribution in [0.2, 0.25) is 0 Å².